The molecule has 2 aromatic rings. The number of methoxy groups -OCH3 is 1. The van der Waals surface area contributed by atoms with Crippen molar-refractivity contribution < 1.29 is 13.1 Å². The van der Waals surface area contributed by atoms with Gasteiger partial charge in [-0.05, 0) is 42.0 Å². The summed E-state index contributed by atoms with van der Waals surface area (Å²) in [6, 6.07) is 11.8. The summed E-state index contributed by atoms with van der Waals surface area (Å²) in [7, 11) is 1.62. The molecular weight excluding hydrogens is 332 g/mol. The number of ether oxygens (including phenoxy) is 1. The average molecular weight is 361 g/mol. The molecule has 1 aliphatic carbocycles. The Labute approximate surface area is 153 Å². The van der Waals surface area contributed by atoms with E-state index in [4.69, 9.17) is 8.92 Å². The molecular formula is C21H28O3S. The number of rotatable bonds is 5. The van der Waals surface area contributed by atoms with Crippen LogP contribution in [0.25, 0.3) is 10.8 Å². The molecule has 0 radical (unpaired) electrons. The molecule has 1 aliphatic rings. The van der Waals surface area contributed by atoms with E-state index in [0.29, 0.717) is 28.4 Å². The van der Waals surface area contributed by atoms with Crippen LogP contribution in [0.15, 0.2) is 41.3 Å². The highest BCUT2D eigenvalue weighted by Gasteiger charge is 2.33. The fourth-order valence-corrected chi connectivity index (χ4v) is 5.16. The third-order valence-corrected chi connectivity index (χ3v) is 6.58. The van der Waals surface area contributed by atoms with Crippen molar-refractivity contribution in [2.75, 3.05) is 7.11 Å². The molecule has 0 unspecified atom stereocenters. The minimum absolute atomic E-state index is 0.0354. The van der Waals surface area contributed by atoms with Crippen molar-refractivity contribution in [2.24, 2.45) is 17.8 Å². The molecule has 4 heteroatoms. The van der Waals surface area contributed by atoms with Crippen molar-refractivity contribution >= 4 is 21.9 Å². The van der Waals surface area contributed by atoms with Crippen LogP contribution in [-0.2, 0) is 15.3 Å². The zero-order valence-corrected chi connectivity index (χ0v) is 16.3. The number of hydrogen-bond acceptors (Lipinski definition) is 3. The monoisotopic (exact) mass is 360 g/mol. The Morgan fingerprint density at radius 3 is 2.60 bits per heavy atom. The molecule has 0 aromatic heterocycles. The average Bonchev–Trinajstić information content (AvgIpc) is 2.60. The normalized spacial score (nSPS) is 25.2. The molecule has 0 amide bonds. The van der Waals surface area contributed by atoms with Crippen LogP contribution in [0.1, 0.15) is 40.0 Å². The topological polar surface area (TPSA) is 35.5 Å². The van der Waals surface area contributed by atoms with Gasteiger partial charge in [-0.3, -0.25) is 4.18 Å². The summed E-state index contributed by atoms with van der Waals surface area (Å²) in [4.78, 5) is 0.654. The first-order chi connectivity index (χ1) is 12.0. The molecule has 0 aliphatic heterocycles. The van der Waals surface area contributed by atoms with Gasteiger partial charge in [-0.25, -0.2) is 4.21 Å². The van der Waals surface area contributed by atoms with Gasteiger partial charge < -0.3 is 4.74 Å². The molecule has 3 nitrogen and oxygen atoms in total. The van der Waals surface area contributed by atoms with Crippen LogP contribution in [0.4, 0.5) is 0 Å². The van der Waals surface area contributed by atoms with Crippen LogP contribution < -0.4 is 4.74 Å². The molecule has 2 aromatic carbocycles. The summed E-state index contributed by atoms with van der Waals surface area (Å²) in [6.45, 7) is 6.73. The van der Waals surface area contributed by atoms with E-state index in [1.807, 2.05) is 36.4 Å². The Balaban J connectivity index is 1.93. The highest BCUT2D eigenvalue weighted by atomic mass is 32.2. The van der Waals surface area contributed by atoms with E-state index in [1.165, 1.54) is 6.42 Å². The summed E-state index contributed by atoms with van der Waals surface area (Å²) in [5, 5.41) is 1.98. The summed E-state index contributed by atoms with van der Waals surface area (Å²) in [5.41, 5.74) is 0. The molecule has 0 N–H and O–H groups in total. The predicted octanol–water partition coefficient (Wildman–Crippen LogP) is 5.35. The van der Waals surface area contributed by atoms with Gasteiger partial charge in [0.15, 0.2) is 11.1 Å². The zero-order chi connectivity index (χ0) is 18.0. The van der Waals surface area contributed by atoms with E-state index < -0.39 is 11.1 Å². The first kappa shape index (κ1) is 18.4. The second-order valence-electron chi connectivity index (χ2n) is 7.51. The fraction of sp³-hybridized carbons (Fsp3) is 0.524. The minimum atomic E-state index is -1.54. The summed E-state index contributed by atoms with van der Waals surface area (Å²) in [6.07, 6.45) is 3.38. The Bertz CT molecular complexity index is 756. The van der Waals surface area contributed by atoms with Crippen molar-refractivity contribution in [2.45, 2.75) is 51.0 Å². The highest BCUT2D eigenvalue weighted by Crippen LogP contribution is 2.38. The van der Waals surface area contributed by atoms with Gasteiger partial charge in [0.1, 0.15) is 10.6 Å². The fourth-order valence-electron chi connectivity index (χ4n) is 3.94. The van der Waals surface area contributed by atoms with Crippen molar-refractivity contribution in [3.8, 4) is 5.75 Å². The maximum Gasteiger partial charge on any atom is 0.193 e. The van der Waals surface area contributed by atoms with Crippen molar-refractivity contribution in [1.29, 1.82) is 0 Å². The van der Waals surface area contributed by atoms with Gasteiger partial charge in [-0.2, -0.15) is 0 Å². The molecule has 25 heavy (non-hydrogen) atoms. The van der Waals surface area contributed by atoms with E-state index in [2.05, 4.69) is 20.8 Å². The largest absolute Gasteiger partial charge is 0.495 e. The third-order valence-electron chi connectivity index (χ3n) is 5.40. The van der Waals surface area contributed by atoms with Gasteiger partial charge in [0.2, 0.25) is 0 Å². The Hall–Kier alpha value is -1.39. The molecule has 0 heterocycles. The lowest BCUT2D eigenvalue weighted by molar-refractivity contribution is 0.0566. The van der Waals surface area contributed by atoms with Crippen LogP contribution >= 0.6 is 0 Å². The lowest BCUT2D eigenvalue weighted by Crippen LogP contribution is -2.34. The van der Waals surface area contributed by atoms with Gasteiger partial charge >= 0.3 is 0 Å². The van der Waals surface area contributed by atoms with E-state index in [9.17, 15) is 4.21 Å². The van der Waals surface area contributed by atoms with Crippen LogP contribution in [0.5, 0.6) is 5.75 Å². The lowest BCUT2D eigenvalue weighted by Gasteiger charge is -2.36. The first-order valence-corrected chi connectivity index (χ1v) is 10.2. The van der Waals surface area contributed by atoms with E-state index in [1.54, 1.807) is 7.11 Å². The van der Waals surface area contributed by atoms with Crippen LogP contribution in [0, 0.1) is 17.8 Å². The Morgan fingerprint density at radius 2 is 1.88 bits per heavy atom. The number of fused-ring (bicyclic) bond motifs is 1. The Morgan fingerprint density at radius 1 is 1.12 bits per heavy atom. The lowest BCUT2D eigenvalue weighted by atomic mass is 9.75. The molecule has 4 atom stereocenters. The summed E-state index contributed by atoms with van der Waals surface area (Å²) >= 11 is -1.54. The van der Waals surface area contributed by atoms with Crippen molar-refractivity contribution in [3.05, 3.63) is 36.4 Å². The standard InChI is InChI=1S/C21H28O3S/c1-14(2)17-11-9-15(3)13-20(17)24-25(22)21-18-8-6-5-7-16(18)10-12-19(21)23-4/h5-8,10,12,14-15,17,20H,9,11,13H2,1-4H3/t15-,17+,20-,25-/m1/s1. The Kier molecular flexibility index (Phi) is 5.80. The van der Waals surface area contributed by atoms with Crippen molar-refractivity contribution in [1.82, 2.24) is 0 Å². The summed E-state index contributed by atoms with van der Waals surface area (Å²) < 4.78 is 24.8. The van der Waals surface area contributed by atoms with E-state index >= 15 is 0 Å². The third kappa shape index (κ3) is 3.90. The van der Waals surface area contributed by atoms with Crippen LogP contribution in [-0.4, -0.2) is 17.4 Å². The van der Waals surface area contributed by atoms with Gasteiger partial charge in [-0.15, -0.1) is 0 Å². The molecule has 0 spiro atoms. The SMILES string of the molecule is COc1ccc2ccccc2c1[S@](=O)O[C@@H]1C[C@H](C)CC[C@H]1C(C)C. The number of hydrogen-bond donors (Lipinski definition) is 0. The van der Waals surface area contributed by atoms with E-state index in [0.717, 1.165) is 23.6 Å². The highest BCUT2D eigenvalue weighted by molar-refractivity contribution is 7.80. The van der Waals surface area contributed by atoms with Crippen molar-refractivity contribution in [3.63, 3.8) is 0 Å². The van der Waals surface area contributed by atoms with Crippen LogP contribution in [0.3, 0.4) is 0 Å². The second kappa shape index (κ2) is 7.88. The molecule has 136 valence electrons. The van der Waals surface area contributed by atoms with E-state index in [-0.39, 0.29) is 6.10 Å². The predicted molar refractivity (Wildman–Crippen MR) is 103 cm³/mol. The van der Waals surface area contributed by atoms with Gasteiger partial charge in [-0.1, -0.05) is 57.5 Å². The molecule has 1 fully saturated rings. The van der Waals surface area contributed by atoms with Gasteiger partial charge in [0.05, 0.1) is 13.2 Å². The molecule has 3 rings (SSSR count). The maximum atomic E-state index is 13.2. The first-order valence-electron chi connectivity index (χ1n) is 9.16. The number of benzene rings is 2. The molecule has 0 saturated heterocycles. The smallest absolute Gasteiger partial charge is 0.193 e. The van der Waals surface area contributed by atoms with Crippen LogP contribution in [0.2, 0.25) is 0 Å². The van der Waals surface area contributed by atoms with Gasteiger partial charge in [0, 0.05) is 5.39 Å². The zero-order valence-electron chi connectivity index (χ0n) is 15.5. The quantitative estimate of drug-likeness (QED) is 0.721. The summed E-state index contributed by atoms with van der Waals surface area (Å²) in [5.74, 6) is 2.23. The van der Waals surface area contributed by atoms with Gasteiger partial charge in [0.25, 0.3) is 0 Å². The second-order valence-corrected chi connectivity index (χ2v) is 8.58. The molecule has 1 saturated carbocycles. The maximum absolute atomic E-state index is 13.2. The molecule has 0 bridgehead atoms. The minimum Gasteiger partial charge on any atom is -0.495 e.